The quantitative estimate of drug-likeness (QED) is 0.625. The maximum atomic E-state index is 2.62. The van der Waals surface area contributed by atoms with Crippen molar-refractivity contribution in [2.45, 2.75) is 19.4 Å². The van der Waals surface area contributed by atoms with Gasteiger partial charge in [0, 0.05) is 50.8 Å². The highest BCUT2D eigenvalue weighted by atomic mass is 15.3. The summed E-state index contributed by atoms with van der Waals surface area (Å²) < 4.78 is 2.17. The van der Waals surface area contributed by atoms with Crippen LogP contribution in [0.3, 0.4) is 0 Å². The van der Waals surface area contributed by atoms with Gasteiger partial charge >= 0.3 is 0 Å². The molecule has 2 aromatic carbocycles. The van der Waals surface area contributed by atoms with E-state index >= 15 is 0 Å². The van der Waals surface area contributed by atoms with Crippen molar-refractivity contribution in [3.63, 3.8) is 0 Å². The Bertz CT molecular complexity index is 803. The second kappa shape index (κ2) is 9.03. The summed E-state index contributed by atoms with van der Waals surface area (Å²) in [6.07, 6.45) is 6.65. The first-order valence-corrected chi connectivity index (χ1v) is 10.1. The molecule has 1 fully saturated rings. The minimum absolute atomic E-state index is 1.05. The maximum Gasteiger partial charge on any atom is 0.0452 e. The van der Waals surface area contributed by atoms with E-state index in [1.54, 1.807) is 0 Å². The lowest BCUT2D eigenvalue weighted by molar-refractivity contribution is 0.126. The van der Waals surface area contributed by atoms with Crippen LogP contribution in [0, 0.1) is 0 Å². The fraction of sp³-hybridized carbons (Fsp3) is 0.333. The van der Waals surface area contributed by atoms with Crippen LogP contribution in [-0.4, -0.2) is 47.1 Å². The third kappa shape index (κ3) is 5.09. The normalized spacial score (nSPS) is 15.9. The largest absolute Gasteiger partial charge is 0.324 e. The number of rotatable bonds is 7. The highest BCUT2D eigenvalue weighted by molar-refractivity contribution is 5.36. The number of benzene rings is 2. The van der Waals surface area contributed by atoms with Gasteiger partial charge in [-0.2, -0.15) is 0 Å². The van der Waals surface area contributed by atoms with Crippen molar-refractivity contribution < 1.29 is 0 Å². The summed E-state index contributed by atoms with van der Waals surface area (Å²) in [6, 6.07) is 23.9. The summed E-state index contributed by atoms with van der Waals surface area (Å²) in [4.78, 5) is 5.21. The van der Waals surface area contributed by atoms with E-state index in [0.717, 1.165) is 6.54 Å². The second-order valence-electron chi connectivity index (χ2n) is 7.47. The molecule has 0 radical (unpaired) electrons. The number of nitrogens with zero attached hydrogens (tertiary/aromatic N) is 3. The van der Waals surface area contributed by atoms with Gasteiger partial charge in [0.2, 0.25) is 0 Å². The Morgan fingerprint density at radius 3 is 2.15 bits per heavy atom. The first-order valence-electron chi connectivity index (χ1n) is 10.1. The summed E-state index contributed by atoms with van der Waals surface area (Å²) >= 11 is 0. The van der Waals surface area contributed by atoms with Crippen LogP contribution in [-0.2, 0) is 13.0 Å². The van der Waals surface area contributed by atoms with Crippen molar-refractivity contribution in [2.75, 3.05) is 32.7 Å². The Kier molecular flexibility index (Phi) is 6.03. The van der Waals surface area contributed by atoms with Gasteiger partial charge in [0.25, 0.3) is 0 Å². The van der Waals surface area contributed by atoms with Gasteiger partial charge in [-0.25, -0.2) is 0 Å². The Labute approximate surface area is 162 Å². The molecule has 0 bridgehead atoms. The predicted molar refractivity (Wildman–Crippen MR) is 112 cm³/mol. The second-order valence-corrected chi connectivity index (χ2v) is 7.47. The minimum atomic E-state index is 1.05. The molecule has 0 spiro atoms. The fourth-order valence-corrected chi connectivity index (χ4v) is 3.90. The van der Waals surface area contributed by atoms with Crippen molar-refractivity contribution in [1.82, 2.24) is 14.4 Å². The Balaban J connectivity index is 1.22. The van der Waals surface area contributed by atoms with E-state index in [1.165, 1.54) is 62.4 Å². The molecule has 0 unspecified atom stereocenters. The Morgan fingerprint density at radius 2 is 1.37 bits per heavy atom. The molecule has 140 valence electrons. The molecule has 0 amide bonds. The van der Waals surface area contributed by atoms with Crippen molar-refractivity contribution >= 4 is 0 Å². The molecule has 0 saturated carbocycles. The van der Waals surface area contributed by atoms with Crippen molar-refractivity contribution in [3.05, 3.63) is 90.3 Å². The van der Waals surface area contributed by atoms with Crippen molar-refractivity contribution in [1.29, 1.82) is 0 Å². The van der Waals surface area contributed by atoms with E-state index in [1.807, 2.05) is 0 Å². The summed E-state index contributed by atoms with van der Waals surface area (Å²) in [7, 11) is 0. The predicted octanol–water partition coefficient (Wildman–Crippen LogP) is 4.23. The molecule has 1 aromatic heterocycles. The topological polar surface area (TPSA) is 11.4 Å². The van der Waals surface area contributed by atoms with Gasteiger partial charge < -0.3 is 9.47 Å². The summed E-state index contributed by atoms with van der Waals surface area (Å²) in [6.45, 7) is 6.97. The molecular weight excluding hydrogens is 330 g/mol. The fourth-order valence-electron chi connectivity index (χ4n) is 3.90. The molecule has 0 atom stereocenters. The molecule has 3 nitrogen and oxygen atoms in total. The molecule has 3 heteroatoms. The molecule has 1 saturated heterocycles. The number of piperazine rings is 1. The number of hydrogen-bond donors (Lipinski definition) is 0. The van der Waals surface area contributed by atoms with Crippen LogP contribution in [0.1, 0.15) is 17.5 Å². The van der Waals surface area contributed by atoms with Gasteiger partial charge in [0.1, 0.15) is 0 Å². The highest BCUT2D eigenvalue weighted by Gasteiger charge is 2.16. The molecule has 2 heterocycles. The van der Waals surface area contributed by atoms with Crippen LogP contribution in [0.4, 0.5) is 0 Å². The third-order valence-electron chi connectivity index (χ3n) is 5.47. The summed E-state index contributed by atoms with van der Waals surface area (Å²) in [5.74, 6) is 0. The standard InChI is InChI=1S/C24H29N3/c1-2-8-22(9-3-1)11-7-13-25-16-18-26(19-17-25)21-23-10-6-12-24(20-23)27-14-4-5-15-27/h1-6,8-10,12,14-15,20H,7,11,13,16-19,21H2. The van der Waals surface area contributed by atoms with Gasteiger partial charge in [-0.15, -0.1) is 0 Å². The van der Waals surface area contributed by atoms with E-state index in [0.29, 0.717) is 0 Å². The smallest absolute Gasteiger partial charge is 0.0452 e. The third-order valence-corrected chi connectivity index (χ3v) is 5.47. The monoisotopic (exact) mass is 359 g/mol. The highest BCUT2D eigenvalue weighted by Crippen LogP contribution is 2.14. The maximum absolute atomic E-state index is 2.62. The average molecular weight is 360 g/mol. The zero-order chi connectivity index (χ0) is 18.3. The Hall–Kier alpha value is -2.36. The van der Waals surface area contributed by atoms with E-state index in [-0.39, 0.29) is 0 Å². The zero-order valence-electron chi connectivity index (χ0n) is 16.0. The lowest BCUT2D eigenvalue weighted by atomic mass is 10.1. The minimum Gasteiger partial charge on any atom is -0.324 e. The van der Waals surface area contributed by atoms with Gasteiger partial charge in [-0.1, -0.05) is 42.5 Å². The van der Waals surface area contributed by atoms with Gasteiger partial charge in [0.05, 0.1) is 0 Å². The lowest BCUT2D eigenvalue weighted by Gasteiger charge is -2.34. The first-order chi connectivity index (χ1) is 13.4. The molecule has 1 aliphatic rings. The van der Waals surface area contributed by atoms with E-state index in [2.05, 4.69) is 93.5 Å². The zero-order valence-corrected chi connectivity index (χ0v) is 16.0. The molecule has 4 rings (SSSR count). The van der Waals surface area contributed by atoms with Crippen LogP contribution in [0.5, 0.6) is 0 Å². The Morgan fingerprint density at radius 1 is 0.667 bits per heavy atom. The molecule has 0 aliphatic carbocycles. The van der Waals surface area contributed by atoms with Gasteiger partial charge in [-0.3, -0.25) is 4.90 Å². The van der Waals surface area contributed by atoms with Gasteiger partial charge in [0.15, 0.2) is 0 Å². The van der Waals surface area contributed by atoms with Crippen LogP contribution >= 0.6 is 0 Å². The number of aromatic nitrogens is 1. The van der Waals surface area contributed by atoms with Crippen LogP contribution in [0.15, 0.2) is 79.1 Å². The lowest BCUT2D eigenvalue weighted by Crippen LogP contribution is -2.46. The SMILES string of the molecule is c1ccc(CCCN2CCN(Cc3cccc(-n4cccc4)c3)CC2)cc1. The van der Waals surface area contributed by atoms with Gasteiger partial charge in [-0.05, 0) is 54.8 Å². The van der Waals surface area contributed by atoms with Crippen molar-refractivity contribution in [2.24, 2.45) is 0 Å². The molecule has 27 heavy (non-hydrogen) atoms. The molecule has 3 aromatic rings. The van der Waals surface area contributed by atoms with E-state index in [9.17, 15) is 0 Å². The van der Waals surface area contributed by atoms with E-state index < -0.39 is 0 Å². The molecular formula is C24H29N3. The van der Waals surface area contributed by atoms with Crippen molar-refractivity contribution in [3.8, 4) is 5.69 Å². The molecule has 0 N–H and O–H groups in total. The summed E-state index contributed by atoms with van der Waals surface area (Å²) in [5, 5.41) is 0. The summed E-state index contributed by atoms with van der Waals surface area (Å²) in [5.41, 5.74) is 4.11. The number of aryl methyl sites for hydroxylation is 1. The van der Waals surface area contributed by atoms with E-state index in [4.69, 9.17) is 0 Å². The number of hydrogen-bond acceptors (Lipinski definition) is 2. The van der Waals surface area contributed by atoms with Crippen LogP contribution < -0.4 is 0 Å². The first kappa shape index (κ1) is 18.0. The average Bonchev–Trinajstić information content (AvgIpc) is 3.25. The molecule has 1 aliphatic heterocycles. The van der Waals surface area contributed by atoms with Crippen LogP contribution in [0.2, 0.25) is 0 Å². The van der Waals surface area contributed by atoms with Crippen LogP contribution in [0.25, 0.3) is 5.69 Å².